The van der Waals surface area contributed by atoms with Gasteiger partial charge in [0.05, 0.1) is 11.4 Å². The fourth-order valence-electron chi connectivity index (χ4n) is 1.30. The van der Waals surface area contributed by atoms with Crippen LogP contribution in [0.4, 0.5) is 22.0 Å². The molecule has 0 amide bonds. The van der Waals surface area contributed by atoms with Crippen LogP contribution >= 0.6 is 11.6 Å². The maximum absolute atomic E-state index is 12.6. The molecule has 0 aliphatic rings. The standard InChI is InChI=1S/C10H6ClF5O2/c11-4-6(17)8-5(9(12)13)2-1-3-7(8)18-10(14,15)16/h1-3,9H,4H2. The molecule has 100 valence electrons. The van der Waals surface area contributed by atoms with E-state index >= 15 is 0 Å². The Morgan fingerprint density at radius 3 is 2.39 bits per heavy atom. The van der Waals surface area contributed by atoms with Gasteiger partial charge in [0.25, 0.3) is 6.43 Å². The molecule has 0 saturated heterocycles. The molecular weight excluding hydrogens is 283 g/mol. The minimum absolute atomic E-state index is 0.724. The molecule has 1 aromatic rings. The van der Waals surface area contributed by atoms with Crippen LogP contribution in [0.1, 0.15) is 22.3 Å². The van der Waals surface area contributed by atoms with Crippen LogP contribution in [0.25, 0.3) is 0 Å². The number of carbonyl (C=O) groups excluding carboxylic acids is 1. The van der Waals surface area contributed by atoms with Crippen LogP contribution < -0.4 is 4.74 Å². The highest BCUT2D eigenvalue weighted by molar-refractivity contribution is 6.31. The number of carbonyl (C=O) groups is 1. The monoisotopic (exact) mass is 288 g/mol. The van der Waals surface area contributed by atoms with Crippen LogP contribution in [0, 0.1) is 0 Å². The van der Waals surface area contributed by atoms with Crippen molar-refractivity contribution < 1.29 is 31.5 Å². The van der Waals surface area contributed by atoms with Crippen LogP contribution in [0.15, 0.2) is 18.2 Å². The molecule has 0 aromatic heterocycles. The molecule has 0 aliphatic carbocycles. The predicted molar refractivity (Wildman–Crippen MR) is 53.1 cm³/mol. The number of Topliss-reactive ketones (excluding diaryl/α,β-unsaturated/α-hetero) is 1. The van der Waals surface area contributed by atoms with Crippen LogP contribution in [-0.4, -0.2) is 18.0 Å². The van der Waals surface area contributed by atoms with E-state index in [2.05, 4.69) is 4.74 Å². The van der Waals surface area contributed by atoms with Crippen molar-refractivity contribution in [3.05, 3.63) is 29.3 Å². The Bertz CT molecular complexity index is 444. The second-order valence-electron chi connectivity index (χ2n) is 3.13. The molecule has 0 atom stereocenters. The highest BCUT2D eigenvalue weighted by atomic mass is 35.5. The number of ether oxygens (including phenoxy) is 1. The Kier molecular flexibility index (Phi) is 4.50. The van der Waals surface area contributed by atoms with Gasteiger partial charge in [-0.2, -0.15) is 0 Å². The van der Waals surface area contributed by atoms with E-state index in [9.17, 15) is 26.7 Å². The number of alkyl halides is 6. The van der Waals surface area contributed by atoms with Gasteiger partial charge in [-0.25, -0.2) is 8.78 Å². The second-order valence-corrected chi connectivity index (χ2v) is 3.39. The van der Waals surface area contributed by atoms with Crippen molar-refractivity contribution in [2.75, 3.05) is 5.88 Å². The molecule has 0 aliphatic heterocycles. The lowest BCUT2D eigenvalue weighted by molar-refractivity contribution is -0.274. The summed E-state index contributed by atoms with van der Waals surface area (Å²) >= 11 is 5.18. The number of hydrogen-bond acceptors (Lipinski definition) is 2. The lowest BCUT2D eigenvalue weighted by Gasteiger charge is -2.14. The van der Waals surface area contributed by atoms with Gasteiger partial charge in [0.15, 0.2) is 5.78 Å². The molecule has 0 fully saturated rings. The van der Waals surface area contributed by atoms with Crippen LogP contribution in [0.2, 0.25) is 0 Å². The summed E-state index contributed by atoms with van der Waals surface area (Å²) in [5.41, 5.74) is -1.69. The van der Waals surface area contributed by atoms with E-state index in [1.165, 1.54) is 0 Å². The Labute approximate surface area is 103 Å². The normalized spacial score (nSPS) is 11.7. The van der Waals surface area contributed by atoms with Crippen LogP contribution in [0.5, 0.6) is 5.75 Å². The SMILES string of the molecule is O=C(CCl)c1c(OC(F)(F)F)cccc1C(F)F. The third kappa shape index (κ3) is 3.56. The zero-order valence-electron chi connectivity index (χ0n) is 8.60. The molecule has 0 heterocycles. The van der Waals surface area contributed by atoms with E-state index in [0.717, 1.165) is 18.2 Å². The van der Waals surface area contributed by atoms with Gasteiger partial charge in [-0.05, 0) is 6.07 Å². The van der Waals surface area contributed by atoms with E-state index in [0.29, 0.717) is 0 Å². The van der Waals surface area contributed by atoms with Gasteiger partial charge in [0.2, 0.25) is 0 Å². The molecule has 0 radical (unpaired) electrons. The number of halogens is 6. The second kappa shape index (κ2) is 5.51. The van der Waals surface area contributed by atoms with Crippen molar-refractivity contribution in [3.63, 3.8) is 0 Å². The van der Waals surface area contributed by atoms with Gasteiger partial charge in [0, 0.05) is 5.56 Å². The summed E-state index contributed by atoms with van der Waals surface area (Å²) in [7, 11) is 0. The van der Waals surface area contributed by atoms with E-state index in [1.807, 2.05) is 0 Å². The molecule has 0 spiro atoms. The third-order valence-corrected chi connectivity index (χ3v) is 2.16. The van der Waals surface area contributed by atoms with Gasteiger partial charge in [0.1, 0.15) is 5.75 Å². The fraction of sp³-hybridized carbons (Fsp3) is 0.300. The Morgan fingerprint density at radius 1 is 1.33 bits per heavy atom. The van der Waals surface area contributed by atoms with E-state index in [-0.39, 0.29) is 0 Å². The minimum Gasteiger partial charge on any atom is -0.405 e. The molecule has 1 aromatic carbocycles. The van der Waals surface area contributed by atoms with Crippen LogP contribution in [0.3, 0.4) is 0 Å². The first-order valence-corrected chi connectivity index (χ1v) is 5.05. The zero-order chi connectivity index (χ0) is 13.9. The number of ketones is 1. The molecule has 0 N–H and O–H groups in total. The summed E-state index contributed by atoms with van der Waals surface area (Å²) in [5.74, 6) is -2.77. The molecule has 0 unspecified atom stereocenters. The Morgan fingerprint density at radius 2 is 1.94 bits per heavy atom. The number of rotatable bonds is 4. The molecule has 8 heteroatoms. The van der Waals surface area contributed by atoms with Crippen molar-refractivity contribution in [1.82, 2.24) is 0 Å². The van der Waals surface area contributed by atoms with Crippen molar-refractivity contribution in [2.45, 2.75) is 12.8 Å². The molecule has 0 bridgehead atoms. The van der Waals surface area contributed by atoms with Crippen molar-refractivity contribution >= 4 is 17.4 Å². The van der Waals surface area contributed by atoms with Gasteiger partial charge < -0.3 is 4.74 Å². The summed E-state index contributed by atoms with van der Waals surface area (Å²) in [6.07, 6.45) is -8.19. The maximum atomic E-state index is 12.6. The first kappa shape index (κ1) is 14.7. The number of hydrogen-bond donors (Lipinski definition) is 0. The lowest BCUT2D eigenvalue weighted by Crippen LogP contribution is -2.20. The largest absolute Gasteiger partial charge is 0.573 e. The average Bonchev–Trinajstić information content (AvgIpc) is 2.25. The first-order chi connectivity index (χ1) is 8.26. The smallest absolute Gasteiger partial charge is 0.405 e. The van der Waals surface area contributed by atoms with Crippen molar-refractivity contribution in [2.24, 2.45) is 0 Å². The van der Waals surface area contributed by atoms with Gasteiger partial charge in [-0.1, -0.05) is 12.1 Å². The van der Waals surface area contributed by atoms with E-state index < -0.39 is 41.3 Å². The zero-order valence-corrected chi connectivity index (χ0v) is 9.36. The fourth-order valence-corrected chi connectivity index (χ4v) is 1.44. The lowest BCUT2D eigenvalue weighted by atomic mass is 10.0. The van der Waals surface area contributed by atoms with Crippen molar-refractivity contribution in [3.8, 4) is 5.75 Å². The summed E-state index contributed by atoms with van der Waals surface area (Å²) in [6.45, 7) is 0. The summed E-state index contributed by atoms with van der Waals surface area (Å²) in [5, 5.41) is 0. The highest BCUT2D eigenvalue weighted by Gasteiger charge is 2.34. The van der Waals surface area contributed by atoms with Gasteiger partial charge in [-0.15, -0.1) is 24.8 Å². The Balaban J connectivity index is 3.33. The highest BCUT2D eigenvalue weighted by Crippen LogP contribution is 2.33. The predicted octanol–water partition coefficient (Wildman–Crippen LogP) is 3.94. The van der Waals surface area contributed by atoms with Crippen molar-refractivity contribution in [1.29, 1.82) is 0 Å². The topological polar surface area (TPSA) is 26.3 Å². The van der Waals surface area contributed by atoms with Gasteiger partial charge in [-0.3, -0.25) is 4.79 Å². The molecule has 18 heavy (non-hydrogen) atoms. The van der Waals surface area contributed by atoms with Gasteiger partial charge >= 0.3 is 6.36 Å². The quantitative estimate of drug-likeness (QED) is 0.476. The molecule has 2 nitrogen and oxygen atoms in total. The Hall–Kier alpha value is -1.37. The number of benzene rings is 1. The van der Waals surface area contributed by atoms with Crippen LogP contribution in [-0.2, 0) is 0 Å². The molecular formula is C10H6ClF5O2. The minimum atomic E-state index is -5.08. The summed E-state index contributed by atoms with van der Waals surface area (Å²) < 4.78 is 64.9. The third-order valence-electron chi connectivity index (χ3n) is 1.92. The molecule has 1 rings (SSSR count). The molecule has 0 saturated carbocycles. The van der Waals surface area contributed by atoms with E-state index in [1.54, 1.807) is 0 Å². The van der Waals surface area contributed by atoms with E-state index in [4.69, 9.17) is 11.6 Å². The average molecular weight is 289 g/mol. The first-order valence-electron chi connectivity index (χ1n) is 4.52. The summed E-state index contributed by atoms with van der Waals surface area (Å²) in [6, 6.07) is 2.56. The maximum Gasteiger partial charge on any atom is 0.573 e. The summed E-state index contributed by atoms with van der Waals surface area (Å²) in [4.78, 5) is 11.3.